The highest BCUT2D eigenvalue weighted by molar-refractivity contribution is 5.76. The lowest BCUT2D eigenvalue weighted by molar-refractivity contribution is -0.122. The van der Waals surface area contributed by atoms with Crippen LogP contribution in [-0.2, 0) is 11.3 Å². The van der Waals surface area contributed by atoms with Gasteiger partial charge in [-0.15, -0.1) is 0 Å². The van der Waals surface area contributed by atoms with Crippen LogP contribution in [0.2, 0.25) is 0 Å². The van der Waals surface area contributed by atoms with Gasteiger partial charge >= 0.3 is 0 Å². The van der Waals surface area contributed by atoms with Crippen molar-refractivity contribution in [3.8, 4) is 17.0 Å². The molecule has 3 rings (SSSR count). The molecule has 1 unspecified atom stereocenters. The maximum absolute atomic E-state index is 12.3. The molecule has 2 aromatic carbocycles. The fraction of sp³-hybridized carbons (Fsp3) is 0.190. The maximum Gasteiger partial charge on any atom is 0.254 e. The summed E-state index contributed by atoms with van der Waals surface area (Å²) < 4.78 is 6.42. The molecule has 1 amide bonds. The second kappa shape index (κ2) is 8.31. The predicted molar refractivity (Wildman–Crippen MR) is 103 cm³/mol. The van der Waals surface area contributed by atoms with E-state index in [1.807, 2.05) is 49.4 Å². The molecule has 3 aromatic rings. The van der Waals surface area contributed by atoms with Crippen LogP contribution >= 0.6 is 0 Å². The van der Waals surface area contributed by atoms with Gasteiger partial charge in [0.2, 0.25) is 5.91 Å². The fourth-order valence-corrected chi connectivity index (χ4v) is 2.73. The van der Waals surface area contributed by atoms with Gasteiger partial charge < -0.3 is 10.1 Å². The number of nitrogens with one attached hydrogen (secondary N) is 1. The average Bonchev–Trinajstić information content (AvgIpc) is 2.70. The molecule has 0 aliphatic carbocycles. The number of aromatic nitrogens is 2. The molecule has 0 aliphatic rings. The van der Waals surface area contributed by atoms with Gasteiger partial charge in [0.05, 0.1) is 25.2 Å². The predicted octanol–water partition coefficient (Wildman–Crippen LogP) is 2.80. The topological polar surface area (TPSA) is 73.2 Å². The van der Waals surface area contributed by atoms with Crippen molar-refractivity contribution >= 4 is 5.91 Å². The van der Waals surface area contributed by atoms with E-state index < -0.39 is 0 Å². The van der Waals surface area contributed by atoms with Crippen molar-refractivity contribution in [2.24, 2.45) is 0 Å². The molecule has 0 radical (unpaired) electrons. The van der Waals surface area contributed by atoms with Crippen LogP contribution in [0, 0.1) is 0 Å². The van der Waals surface area contributed by atoms with Crippen LogP contribution in [0.25, 0.3) is 11.3 Å². The molecule has 1 atom stereocenters. The first kappa shape index (κ1) is 18.4. The Morgan fingerprint density at radius 1 is 1.15 bits per heavy atom. The van der Waals surface area contributed by atoms with Gasteiger partial charge in [-0.1, -0.05) is 30.3 Å². The first-order chi connectivity index (χ1) is 13.1. The molecule has 0 spiro atoms. The Bertz CT molecular complexity index is 966. The summed E-state index contributed by atoms with van der Waals surface area (Å²) in [6.45, 7) is 1.83. The van der Waals surface area contributed by atoms with Gasteiger partial charge in [0.25, 0.3) is 5.56 Å². The molecule has 0 saturated heterocycles. The smallest absolute Gasteiger partial charge is 0.254 e. The normalized spacial score (nSPS) is 11.6. The second-order valence-electron chi connectivity index (χ2n) is 6.17. The number of rotatable bonds is 6. The number of nitrogens with zero attached hydrogens (tertiary/aromatic N) is 2. The largest absolute Gasteiger partial charge is 0.497 e. The molecule has 6 nitrogen and oxygen atoms in total. The summed E-state index contributed by atoms with van der Waals surface area (Å²) in [6, 6.07) is 18.2. The molecule has 0 saturated carbocycles. The van der Waals surface area contributed by atoms with Crippen LogP contribution < -0.4 is 15.6 Å². The minimum Gasteiger partial charge on any atom is -0.497 e. The number of methoxy groups -OCH3 is 1. The van der Waals surface area contributed by atoms with E-state index in [1.54, 1.807) is 19.2 Å². The third kappa shape index (κ3) is 4.61. The van der Waals surface area contributed by atoms with Crippen molar-refractivity contribution in [1.29, 1.82) is 0 Å². The molecule has 0 fully saturated rings. The molecule has 6 heteroatoms. The molecule has 27 heavy (non-hydrogen) atoms. The number of ether oxygens (including phenoxy) is 1. The van der Waals surface area contributed by atoms with Crippen LogP contribution in [0.1, 0.15) is 18.5 Å². The van der Waals surface area contributed by atoms with Gasteiger partial charge in [0.15, 0.2) is 0 Å². The van der Waals surface area contributed by atoms with Crippen LogP contribution in [0.3, 0.4) is 0 Å². The van der Waals surface area contributed by atoms with E-state index in [0.29, 0.717) is 5.69 Å². The summed E-state index contributed by atoms with van der Waals surface area (Å²) in [6.07, 6.45) is 1.40. The minimum atomic E-state index is -0.279. The zero-order valence-electron chi connectivity index (χ0n) is 15.3. The van der Waals surface area contributed by atoms with Gasteiger partial charge in [-0.25, -0.2) is 4.98 Å². The van der Waals surface area contributed by atoms with Crippen molar-refractivity contribution in [2.45, 2.75) is 19.5 Å². The number of carbonyl (C=O) groups excluding carboxylic acids is 1. The zero-order chi connectivity index (χ0) is 19.2. The standard InChI is InChI=1S/C21H21N3O3/c1-15(16-6-4-3-5-7-16)23-20(25)13-24-14-22-19(12-21(24)26)17-8-10-18(27-2)11-9-17/h3-12,14-15H,13H2,1-2H3,(H,23,25). The van der Waals surface area contributed by atoms with Crippen molar-refractivity contribution in [2.75, 3.05) is 7.11 Å². The third-order valence-electron chi connectivity index (χ3n) is 4.26. The average molecular weight is 363 g/mol. The monoisotopic (exact) mass is 363 g/mol. The Balaban J connectivity index is 1.68. The molecule has 1 N–H and O–H groups in total. The molecule has 0 bridgehead atoms. The molecule has 0 aliphatic heterocycles. The zero-order valence-corrected chi connectivity index (χ0v) is 15.3. The summed E-state index contributed by atoms with van der Waals surface area (Å²) in [5, 5.41) is 2.89. The van der Waals surface area contributed by atoms with Crippen molar-refractivity contribution in [1.82, 2.24) is 14.9 Å². The van der Waals surface area contributed by atoms with Crippen LogP contribution in [0.4, 0.5) is 0 Å². The van der Waals surface area contributed by atoms with E-state index in [1.165, 1.54) is 17.0 Å². The first-order valence-electron chi connectivity index (χ1n) is 8.62. The Hall–Kier alpha value is -3.41. The lowest BCUT2D eigenvalue weighted by Crippen LogP contribution is -2.33. The quantitative estimate of drug-likeness (QED) is 0.731. The number of hydrogen-bond acceptors (Lipinski definition) is 4. The number of hydrogen-bond donors (Lipinski definition) is 1. The molecule has 138 valence electrons. The summed E-state index contributed by atoms with van der Waals surface area (Å²) in [5.41, 5.74) is 2.09. The first-order valence-corrected chi connectivity index (χ1v) is 8.62. The molecule has 1 heterocycles. The summed E-state index contributed by atoms with van der Waals surface area (Å²) in [4.78, 5) is 28.9. The number of benzene rings is 2. The highest BCUT2D eigenvalue weighted by atomic mass is 16.5. The number of amides is 1. The van der Waals surface area contributed by atoms with Crippen molar-refractivity contribution in [3.05, 3.63) is 82.9 Å². The van der Waals surface area contributed by atoms with Crippen molar-refractivity contribution < 1.29 is 9.53 Å². The highest BCUT2D eigenvalue weighted by Crippen LogP contribution is 2.19. The van der Waals surface area contributed by atoms with E-state index in [4.69, 9.17) is 4.74 Å². The van der Waals surface area contributed by atoms with E-state index in [2.05, 4.69) is 10.3 Å². The Labute approximate surface area is 157 Å². The van der Waals surface area contributed by atoms with Gasteiger partial charge in [-0.3, -0.25) is 14.2 Å². The Morgan fingerprint density at radius 2 is 1.85 bits per heavy atom. The SMILES string of the molecule is COc1ccc(-c2cc(=O)n(CC(=O)NC(C)c3ccccc3)cn2)cc1. The second-order valence-corrected chi connectivity index (χ2v) is 6.17. The minimum absolute atomic E-state index is 0.0775. The molecular weight excluding hydrogens is 342 g/mol. The maximum atomic E-state index is 12.3. The molecule has 1 aromatic heterocycles. The molecular formula is C21H21N3O3. The fourth-order valence-electron chi connectivity index (χ4n) is 2.73. The van der Waals surface area contributed by atoms with Gasteiger partial charge in [-0.2, -0.15) is 0 Å². The summed E-state index contributed by atoms with van der Waals surface area (Å²) in [7, 11) is 1.60. The number of carbonyl (C=O) groups is 1. The highest BCUT2D eigenvalue weighted by Gasteiger charge is 2.11. The third-order valence-corrected chi connectivity index (χ3v) is 4.26. The lowest BCUT2D eigenvalue weighted by atomic mass is 10.1. The van der Waals surface area contributed by atoms with E-state index in [-0.39, 0.29) is 24.1 Å². The van der Waals surface area contributed by atoms with Gasteiger partial charge in [0.1, 0.15) is 12.3 Å². The van der Waals surface area contributed by atoms with Gasteiger partial charge in [-0.05, 0) is 36.8 Å². The Kier molecular flexibility index (Phi) is 5.66. The van der Waals surface area contributed by atoms with E-state index in [0.717, 1.165) is 16.9 Å². The Morgan fingerprint density at radius 3 is 2.48 bits per heavy atom. The summed E-state index contributed by atoms with van der Waals surface area (Å²) in [5.74, 6) is 0.490. The van der Waals surface area contributed by atoms with E-state index in [9.17, 15) is 9.59 Å². The van der Waals surface area contributed by atoms with Crippen molar-refractivity contribution in [3.63, 3.8) is 0 Å². The van der Waals surface area contributed by atoms with Gasteiger partial charge in [0, 0.05) is 11.6 Å². The lowest BCUT2D eigenvalue weighted by Gasteiger charge is -2.15. The summed E-state index contributed by atoms with van der Waals surface area (Å²) >= 11 is 0. The van der Waals surface area contributed by atoms with E-state index >= 15 is 0 Å². The van der Waals surface area contributed by atoms with Crippen LogP contribution in [0.15, 0.2) is 71.8 Å². The van der Waals surface area contributed by atoms with Crippen LogP contribution in [0.5, 0.6) is 5.75 Å². The van der Waals surface area contributed by atoms with Crippen LogP contribution in [-0.4, -0.2) is 22.6 Å².